The molecular formula is C18H18F3N4O4+. The van der Waals surface area contributed by atoms with E-state index in [1.54, 1.807) is 13.0 Å². The number of aryl methyl sites for hydroxylation is 1. The van der Waals surface area contributed by atoms with Crippen molar-refractivity contribution in [1.82, 2.24) is 0 Å². The number of halogens is 3. The molecule has 0 aliphatic heterocycles. The van der Waals surface area contributed by atoms with Gasteiger partial charge in [0.2, 0.25) is 0 Å². The molecule has 0 heterocycles. The zero-order chi connectivity index (χ0) is 21.7. The van der Waals surface area contributed by atoms with E-state index in [2.05, 4.69) is 10.6 Å². The minimum Gasteiger partial charge on any atom is -0.322 e. The fraction of sp³-hybridized carbons (Fsp3) is 0.222. The van der Waals surface area contributed by atoms with E-state index in [0.29, 0.717) is 16.5 Å². The Morgan fingerprint density at radius 2 is 1.66 bits per heavy atom. The second-order valence-corrected chi connectivity index (χ2v) is 6.36. The Morgan fingerprint density at radius 3 is 2.28 bits per heavy atom. The van der Waals surface area contributed by atoms with Crippen LogP contribution in [0.15, 0.2) is 30.3 Å². The first kappa shape index (κ1) is 21.8. The van der Waals surface area contributed by atoms with Crippen LogP contribution in [0.5, 0.6) is 0 Å². The third-order valence-electron chi connectivity index (χ3n) is 3.95. The van der Waals surface area contributed by atoms with Crippen LogP contribution in [-0.2, 0) is 9.59 Å². The number of nitro benzene ring substituents is 1. The van der Waals surface area contributed by atoms with Crippen LogP contribution in [0.1, 0.15) is 5.56 Å². The van der Waals surface area contributed by atoms with E-state index in [1.807, 2.05) is 0 Å². The Morgan fingerprint density at radius 1 is 1.03 bits per heavy atom. The summed E-state index contributed by atoms with van der Waals surface area (Å²) in [6.45, 7) is 1.09. The third-order valence-corrected chi connectivity index (χ3v) is 3.95. The number of nitro groups is 1. The van der Waals surface area contributed by atoms with Gasteiger partial charge in [0.25, 0.3) is 17.5 Å². The van der Waals surface area contributed by atoms with Crippen molar-refractivity contribution in [3.05, 3.63) is 63.5 Å². The van der Waals surface area contributed by atoms with Crippen molar-refractivity contribution in [2.24, 2.45) is 0 Å². The van der Waals surface area contributed by atoms with Gasteiger partial charge in [0, 0.05) is 6.07 Å². The average Bonchev–Trinajstić information content (AvgIpc) is 2.63. The number of rotatable bonds is 7. The van der Waals surface area contributed by atoms with Gasteiger partial charge >= 0.3 is 0 Å². The lowest BCUT2D eigenvalue weighted by Gasteiger charge is -2.15. The molecule has 8 nitrogen and oxygen atoms in total. The number of hydrogen-bond acceptors (Lipinski definition) is 4. The predicted molar refractivity (Wildman–Crippen MR) is 98.0 cm³/mol. The van der Waals surface area contributed by atoms with Crippen molar-refractivity contribution >= 4 is 28.9 Å². The van der Waals surface area contributed by atoms with Gasteiger partial charge in [-0.05, 0) is 24.6 Å². The van der Waals surface area contributed by atoms with Gasteiger partial charge in [0.15, 0.2) is 30.5 Å². The largest absolute Gasteiger partial charge is 0.322 e. The van der Waals surface area contributed by atoms with Crippen molar-refractivity contribution < 1.29 is 32.6 Å². The summed E-state index contributed by atoms with van der Waals surface area (Å²) in [6.07, 6.45) is 0. The lowest BCUT2D eigenvalue weighted by molar-refractivity contribution is -0.862. The highest BCUT2D eigenvalue weighted by Crippen LogP contribution is 2.27. The fourth-order valence-corrected chi connectivity index (χ4v) is 2.58. The Labute approximate surface area is 163 Å². The SMILES string of the molecule is Cc1cccc([N+](=O)[O-])c1NC(=O)C[NH+](C)CC(=O)Nc1ccc(F)c(F)c1F. The van der Waals surface area contributed by atoms with Gasteiger partial charge in [-0.2, -0.15) is 0 Å². The van der Waals surface area contributed by atoms with Crippen LogP contribution >= 0.6 is 0 Å². The topological polar surface area (TPSA) is 106 Å². The number of anilines is 2. The standard InChI is InChI=1S/C18H17F3N4O4/c1-10-4-3-5-13(25(28)29)18(10)23-15(27)9-24(2)8-14(26)22-12-7-6-11(19)16(20)17(12)21/h3-7H,8-9H2,1-2H3,(H,22,26)(H,23,27)/p+1. The van der Waals surface area contributed by atoms with Crippen LogP contribution in [0, 0.1) is 34.5 Å². The number of benzene rings is 2. The maximum Gasteiger partial charge on any atom is 0.293 e. The van der Waals surface area contributed by atoms with Gasteiger partial charge in [-0.1, -0.05) is 12.1 Å². The molecule has 1 unspecified atom stereocenters. The molecule has 0 aliphatic carbocycles. The molecule has 0 saturated heterocycles. The Hall–Kier alpha value is -3.47. The Balaban J connectivity index is 1.97. The number of hydrogen-bond donors (Lipinski definition) is 3. The number of quaternary nitrogens is 1. The van der Waals surface area contributed by atoms with Crippen LogP contribution in [0.25, 0.3) is 0 Å². The first-order valence-corrected chi connectivity index (χ1v) is 8.38. The Kier molecular flexibility index (Phi) is 6.89. The van der Waals surface area contributed by atoms with Crippen LogP contribution in [-0.4, -0.2) is 36.9 Å². The minimum absolute atomic E-state index is 0.0589. The summed E-state index contributed by atoms with van der Waals surface area (Å²) in [6, 6.07) is 5.90. The zero-order valence-electron chi connectivity index (χ0n) is 15.5. The summed E-state index contributed by atoms with van der Waals surface area (Å²) in [4.78, 5) is 35.0. The van der Waals surface area contributed by atoms with Crippen molar-refractivity contribution in [3.8, 4) is 0 Å². The summed E-state index contributed by atoms with van der Waals surface area (Å²) in [5.74, 6) is -5.93. The summed E-state index contributed by atoms with van der Waals surface area (Å²) >= 11 is 0. The minimum atomic E-state index is -1.71. The summed E-state index contributed by atoms with van der Waals surface area (Å²) in [5.41, 5.74) is -0.232. The van der Waals surface area contributed by atoms with Crippen LogP contribution < -0.4 is 15.5 Å². The predicted octanol–water partition coefficient (Wildman–Crippen LogP) is 1.41. The van der Waals surface area contributed by atoms with Gasteiger partial charge in [0.05, 0.1) is 17.7 Å². The Bertz CT molecular complexity index is 968. The highest BCUT2D eigenvalue weighted by molar-refractivity contribution is 5.95. The normalized spacial score (nSPS) is 11.6. The van der Waals surface area contributed by atoms with E-state index in [4.69, 9.17) is 0 Å². The molecule has 0 spiro atoms. The van der Waals surface area contributed by atoms with E-state index < -0.39 is 39.9 Å². The second kappa shape index (κ2) is 9.15. The molecule has 154 valence electrons. The molecule has 2 aromatic carbocycles. The first-order chi connectivity index (χ1) is 13.6. The summed E-state index contributed by atoms with van der Waals surface area (Å²) < 4.78 is 39.7. The van der Waals surface area contributed by atoms with Crippen LogP contribution in [0.3, 0.4) is 0 Å². The molecule has 0 bridgehead atoms. The highest BCUT2D eigenvalue weighted by Gasteiger charge is 2.21. The third kappa shape index (κ3) is 5.51. The van der Waals surface area contributed by atoms with Gasteiger partial charge in [-0.25, -0.2) is 13.2 Å². The molecule has 0 aromatic heterocycles. The number of nitrogens with one attached hydrogen (secondary N) is 3. The van der Waals surface area contributed by atoms with E-state index in [-0.39, 0.29) is 24.5 Å². The molecule has 29 heavy (non-hydrogen) atoms. The van der Waals surface area contributed by atoms with Crippen molar-refractivity contribution in [3.63, 3.8) is 0 Å². The van der Waals surface area contributed by atoms with Gasteiger partial charge in [-0.15, -0.1) is 0 Å². The lowest BCUT2D eigenvalue weighted by atomic mass is 10.1. The molecule has 2 rings (SSSR count). The van der Waals surface area contributed by atoms with E-state index >= 15 is 0 Å². The smallest absolute Gasteiger partial charge is 0.293 e. The number of carbonyl (C=O) groups is 2. The molecule has 0 radical (unpaired) electrons. The van der Waals surface area contributed by atoms with Gasteiger partial charge in [0.1, 0.15) is 5.69 Å². The molecule has 3 N–H and O–H groups in total. The average molecular weight is 411 g/mol. The highest BCUT2D eigenvalue weighted by atomic mass is 19.2. The number of nitrogens with zero attached hydrogens (tertiary/aromatic N) is 1. The fourth-order valence-electron chi connectivity index (χ4n) is 2.58. The summed E-state index contributed by atoms with van der Waals surface area (Å²) in [7, 11) is 1.49. The summed E-state index contributed by atoms with van der Waals surface area (Å²) in [5, 5.41) is 15.6. The van der Waals surface area contributed by atoms with E-state index in [9.17, 15) is 32.9 Å². The quantitative estimate of drug-likeness (QED) is 0.364. The van der Waals surface area contributed by atoms with E-state index in [0.717, 1.165) is 6.07 Å². The molecule has 2 aromatic rings. The molecule has 2 amide bonds. The maximum absolute atomic E-state index is 13.6. The number of amides is 2. The first-order valence-electron chi connectivity index (χ1n) is 8.38. The number of likely N-dealkylation sites (N-methyl/N-ethyl adjacent to an activating group) is 1. The molecule has 0 fully saturated rings. The second-order valence-electron chi connectivity index (χ2n) is 6.36. The van der Waals surface area contributed by atoms with Crippen molar-refractivity contribution in [2.45, 2.75) is 6.92 Å². The van der Waals surface area contributed by atoms with Gasteiger partial charge < -0.3 is 15.5 Å². The lowest BCUT2D eigenvalue weighted by Crippen LogP contribution is -3.11. The zero-order valence-corrected chi connectivity index (χ0v) is 15.5. The molecule has 0 aliphatic rings. The van der Waals surface area contributed by atoms with Crippen LogP contribution in [0.2, 0.25) is 0 Å². The van der Waals surface area contributed by atoms with Crippen LogP contribution in [0.4, 0.5) is 30.2 Å². The van der Waals surface area contributed by atoms with Crippen molar-refractivity contribution in [2.75, 3.05) is 30.8 Å². The number of para-hydroxylation sites is 1. The van der Waals surface area contributed by atoms with Gasteiger partial charge in [-0.3, -0.25) is 19.7 Å². The molecule has 0 saturated carbocycles. The molecule has 1 atom stereocenters. The molecule has 11 heteroatoms. The monoisotopic (exact) mass is 411 g/mol. The van der Waals surface area contributed by atoms with Crippen molar-refractivity contribution in [1.29, 1.82) is 0 Å². The maximum atomic E-state index is 13.6. The number of carbonyl (C=O) groups excluding carboxylic acids is 2. The van der Waals surface area contributed by atoms with E-state index in [1.165, 1.54) is 19.2 Å². The molecular weight excluding hydrogens is 393 g/mol.